The van der Waals surface area contributed by atoms with Gasteiger partial charge < -0.3 is 9.47 Å². The molecule has 17 rings (SSSR count). The number of rotatable bonds is 5. The second-order valence-electron chi connectivity index (χ2n) is 21.0. The number of benzene rings is 12. The second-order valence-corrected chi connectivity index (χ2v) is 23.2. The molecule has 0 unspecified atom stereocenters. The normalized spacial score (nSPS) is 14.3. The summed E-state index contributed by atoms with van der Waals surface area (Å²) in [5.74, 6) is 0. The first-order valence-corrected chi connectivity index (χ1v) is 28.5. The van der Waals surface area contributed by atoms with Crippen molar-refractivity contribution in [2.75, 3.05) is 4.90 Å². The van der Waals surface area contributed by atoms with Crippen LogP contribution in [-0.4, -0.2) is 4.57 Å². The Bertz CT molecular complexity index is 4360. The lowest BCUT2D eigenvalue weighted by Crippen LogP contribution is -2.32. The molecule has 2 aliphatic heterocycles. The summed E-state index contributed by atoms with van der Waals surface area (Å²) in [7, 11) is 0. The van der Waals surface area contributed by atoms with Crippen LogP contribution in [0.2, 0.25) is 0 Å². The molecule has 2 nitrogen and oxygen atoms in total. The summed E-state index contributed by atoms with van der Waals surface area (Å²) in [4.78, 5) is 7.73. The van der Waals surface area contributed by atoms with Gasteiger partial charge in [-0.2, -0.15) is 0 Å². The van der Waals surface area contributed by atoms with Crippen molar-refractivity contribution in [3.63, 3.8) is 0 Å². The van der Waals surface area contributed by atoms with Crippen LogP contribution in [0.5, 0.6) is 0 Å². The minimum atomic E-state index is -0.519. The average molecular weight is 1030 g/mol. The van der Waals surface area contributed by atoms with Crippen LogP contribution >= 0.6 is 23.5 Å². The maximum absolute atomic E-state index is 2.53. The smallest absolute Gasteiger partial charge is 0.0736 e. The highest BCUT2D eigenvalue weighted by molar-refractivity contribution is 7.99. The summed E-state index contributed by atoms with van der Waals surface area (Å²) >= 11 is 3.78. The van der Waals surface area contributed by atoms with E-state index in [4.69, 9.17) is 0 Å². The van der Waals surface area contributed by atoms with Crippen LogP contribution in [0, 0.1) is 0 Å². The zero-order valence-corrected chi connectivity index (χ0v) is 43.9. The highest BCUT2D eigenvalue weighted by atomic mass is 32.2. The van der Waals surface area contributed by atoms with Crippen molar-refractivity contribution in [3.8, 4) is 39.1 Å². The summed E-state index contributed by atoms with van der Waals surface area (Å²) in [5, 5.41) is 2.49. The molecule has 2 spiro atoms. The summed E-state index contributed by atoms with van der Waals surface area (Å²) in [5.41, 5.74) is 24.0. The number of anilines is 3. The molecule has 4 heteroatoms. The van der Waals surface area contributed by atoms with Gasteiger partial charge in [0.1, 0.15) is 0 Å². The molecule has 78 heavy (non-hydrogen) atoms. The SMILES string of the molecule is c1ccc(-n2c3ccccc3c3cc(-c4ccc(N(c5ccc6c(c5)C5(c7ccccc7Sc7ccccc75)c5ccccc5-6)c5ccc6c(c5)C5(c7ccccc7Sc7ccccc75)c5ccccc5-6)cc4)ccc32)cc1. The minimum absolute atomic E-state index is 0.519. The number of para-hydroxylation sites is 2. The van der Waals surface area contributed by atoms with Gasteiger partial charge in [0.05, 0.1) is 21.9 Å². The van der Waals surface area contributed by atoms with E-state index in [2.05, 4.69) is 289 Å². The first-order chi connectivity index (χ1) is 38.7. The summed E-state index contributed by atoms with van der Waals surface area (Å²) < 4.78 is 2.39. The molecule has 4 aliphatic rings. The quantitative estimate of drug-likeness (QED) is 0.170. The molecule has 0 N–H and O–H groups in total. The summed E-state index contributed by atoms with van der Waals surface area (Å²) in [6, 6.07) is 105. The molecule has 0 amide bonds. The van der Waals surface area contributed by atoms with Crippen molar-refractivity contribution in [2.45, 2.75) is 30.4 Å². The molecule has 2 aliphatic carbocycles. The molecule has 0 atom stereocenters. The van der Waals surface area contributed by atoms with E-state index in [9.17, 15) is 0 Å². The Kier molecular flexibility index (Phi) is 9.45. The van der Waals surface area contributed by atoms with Gasteiger partial charge in [-0.1, -0.05) is 212 Å². The molecular formula is C74H46N2S2. The molecule has 0 fully saturated rings. The Balaban J connectivity index is 0.894. The molecule has 12 aromatic carbocycles. The lowest BCUT2D eigenvalue weighted by molar-refractivity contribution is 0.721. The predicted octanol–water partition coefficient (Wildman–Crippen LogP) is 19.6. The van der Waals surface area contributed by atoms with Crippen LogP contribution in [0.4, 0.5) is 17.1 Å². The highest BCUT2D eigenvalue weighted by Crippen LogP contribution is 2.65. The summed E-state index contributed by atoms with van der Waals surface area (Å²) in [6.07, 6.45) is 0. The number of nitrogens with zero attached hydrogens (tertiary/aromatic N) is 2. The van der Waals surface area contributed by atoms with E-state index < -0.39 is 10.8 Å². The maximum atomic E-state index is 2.53. The van der Waals surface area contributed by atoms with Crippen molar-refractivity contribution >= 4 is 62.4 Å². The Morgan fingerprint density at radius 1 is 0.269 bits per heavy atom. The van der Waals surface area contributed by atoms with E-state index in [-0.39, 0.29) is 0 Å². The van der Waals surface area contributed by atoms with Crippen molar-refractivity contribution in [1.82, 2.24) is 4.57 Å². The monoisotopic (exact) mass is 1030 g/mol. The van der Waals surface area contributed by atoms with Crippen LogP contribution < -0.4 is 4.90 Å². The van der Waals surface area contributed by atoms with Crippen molar-refractivity contribution in [1.29, 1.82) is 0 Å². The Hall–Kier alpha value is -9.06. The topological polar surface area (TPSA) is 8.17 Å². The van der Waals surface area contributed by atoms with Gasteiger partial charge in [0.2, 0.25) is 0 Å². The van der Waals surface area contributed by atoms with E-state index in [1.165, 1.54) is 119 Å². The molecule has 0 bridgehead atoms. The molecule has 364 valence electrons. The predicted molar refractivity (Wildman–Crippen MR) is 324 cm³/mol. The Morgan fingerprint density at radius 3 is 1.19 bits per heavy atom. The number of hydrogen-bond acceptors (Lipinski definition) is 3. The Morgan fingerprint density at radius 2 is 0.667 bits per heavy atom. The van der Waals surface area contributed by atoms with Gasteiger partial charge in [-0.05, 0) is 169 Å². The average Bonchev–Trinajstić information content (AvgIpc) is 4.28. The molecule has 0 saturated heterocycles. The van der Waals surface area contributed by atoms with Gasteiger partial charge in [0, 0.05) is 53.1 Å². The van der Waals surface area contributed by atoms with Gasteiger partial charge in [-0.25, -0.2) is 0 Å². The van der Waals surface area contributed by atoms with Gasteiger partial charge in [0.25, 0.3) is 0 Å². The molecular weight excluding hydrogens is 981 g/mol. The standard InChI is InChI=1S/C74H46N2S2/c1-2-18-49(19-3-1)76-67-29-13-6-22-57(67)58-44-48(36-43-68(58)76)47-34-37-50(38-35-47)75(51-39-41-55-53-20-4-7-23-59(53)73(65(55)45-51)61-25-9-14-30-69(61)77-70-31-15-10-26-62(70)73)52-40-42-56-54-21-5-8-24-60(54)74(66(56)46-52)63-27-11-16-32-71(63)78-72-33-17-12-28-64(72)74/h1-46H. The highest BCUT2D eigenvalue weighted by Gasteiger charge is 2.52. The van der Waals surface area contributed by atoms with Crippen molar-refractivity contribution in [2.24, 2.45) is 0 Å². The third-order valence-electron chi connectivity index (χ3n) is 17.3. The third-order valence-corrected chi connectivity index (χ3v) is 19.6. The number of aromatic nitrogens is 1. The largest absolute Gasteiger partial charge is 0.310 e. The zero-order chi connectivity index (χ0) is 51.1. The summed E-state index contributed by atoms with van der Waals surface area (Å²) in [6.45, 7) is 0. The molecule has 3 heterocycles. The van der Waals surface area contributed by atoms with Crippen LogP contribution in [-0.2, 0) is 10.8 Å². The van der Waals surface area contributed by atoms with Crippen LogP contribution in [0.1, 0.15) is 44.5 Å². The number of hydrogen-bond donors (Lipinski definition) is 0. The van der Waals surface area contributed by atoms with E-state index in [1.54, 1.807) is 0 Å². The van der Waals surface area contributed by atoms with Gasteiger partial charge in [0.15, 0.2) is 0 Å². The molecule has 1 aromatic heterocycles. The first kappa shape index (κ1) is 44.1. The van der Waals surface area contributed by atoms with E-state index in [0.29, 0.717) is 0 Å². The van der Waals surface area contributed by atoms with E-state index >= 15 is 0 Å². The molecule has 0 saturated carbocycles. The molecule has 0 radical (unpaired) electrons. The number of fused-ring (bicyclic) bond motifs is 21. The van der Waals surface area contributed by atoms with Gasteiger partial charge in [-0.15, -0.1) is 0 Å². The third kappa shape index (κ3) is 5.96. The zero-order valence-electron chi connectivity index (χ0n) is 42.3. The fourth-order valence-electron chi connectivity index (χ4n) is 14.2. The molecule has 13 aromatic rings. The van der Waals surface area contributed by atoms with Crippen molar-refractivity contribution < 1.29 is 0 Å². The van der Waals surface area contributed by atoms with Gasteiger partial charge in [-0.3, -0.25) is 0 Å². The van der Waals surface area contributed by atoms with Crippen molar-refractivity contribution in [3.05, 3.63) is 324 Å². The van der Waals surface area contributed by atoms with Gasteiger partial charge >= 0.3 is 0 Å². The maximum Gasteiger partial charge on any atom is 0.0736 e. The van der Waals surface area contributed by atoms with Crippen LogP contribution in [0.15, 0.2) is 299 Å². The van der Waals surface area contributed by atoms with Crippen LogP contribution in [0.3, 0.4) is 0 Å². The minimum Gasteiger partial charge on any atom is -0.310 e. The second kappa shape index (κ2) is 16.7. The fourth-order valence-corrected chi connectivity index (χ4v) is 16.6. The lowest BCUT2D eigenvalue weighted by Gasteiger charge is -2.40. The fraction of sp³-hybridized carbons (Fsp3) is 0.0270. The van der Waals surface area contributed by atoms with E-state index in [1.807, 2.05) is 23.5 Å². The lowest BCUT2D eigenvalue weighted by atomic mass is 9.67. The van der Waals surface area contributed by atoms with E-state index in [0.717, 1.165) is 22.7 Å². The Labute approximate surface area is 461 Å². The first-order valence-electron chi connectivity index (χ1n) is 26.9. The van der Waals surface area contributed by atoms with Crippen LogP contribution in [0.25, 0.3) is 60.9 Å².